The standard InChI is InChI=1S/C22H20FN3O4S2/c23-17-5-7-18(8-6-17)25-21(27)14-31-13-15-1-3-16(4-2-15)22(28)26-19-9-11-20(12-10-19)32(24,29)30/h1-12H,13-14H2,(H,25,27)(H,26,28)(H2,24,29,30). The Morgan fingerprint density at radius 3 is 2.00 bits per heavy atom. The monoisotopic (exact) mass is 473 g/mol. The number of anilines is 2. The van der Waals surface area contributed by atoms with Crippen molar-refractivity contribution in [2.45, 2.75) is 10.6 Å². The van der Waals surface area contributed by atoms with E-state index in [0.29, 0.717) is 22.7 Å². The van der Waals surface area contributed by atoms with E-state index >= 15 is 0 Å². The van der Waals surface area contributed by atoms with Gasteiger partial charge in [0.2, 0.25) is 15.9 Å². The van der Waals surface area contributed by atoms with Crippen LogP contribution in [0, 0.1) is 5.82 Å². The molecule has 0 aliphatic heterocycles. The molecule has 0 aromatic heterocycles. The molecule has 0 saturated carbocycles. The summed E-state index contributed by atoms with van der Waals surface area (Å²) in [5.41, 5.74) is 2.35. The van der Waals surface area contributed by atoms with Gasteiger partial charge in [-0.3, -0.25) is 9.59 Å². The topological polar surface area (TPSA) is 118 Å². The largest absolute Gasteiger partial charge is 0.325 e. The van der Waals surface area contributed by atoms with Gasteiger partial charge in [-0.25, -0.2) is 17.9 Å². The summed E-state index contributed by atoms with van der Waals surface area (Å²) >= 11 is 1.41. The Balaban J connectivity index is 1.47. The number of sulfonamides is 1. The van der Waals surface area contributed by atoms with Crippen LogP contribution in [0.3, 0.4) is 0 Å². The molecule has 32 heavy (non-hydrogen) atoms. The lowest BCUT2D eigenvalue weighted by Gasteiger charge is -2.08. The number of halogens is 1. The van der Waals surface area contributed by atoms with E-state index in [4.69, 9.17) is 5.14 Å². The molecular formula is C22H20FN3O4S2. The summed E-state index contributed by atoms with van der Waals surface area (Å²) in [6.45, 7) is 0. The van der Waals surface area contributed by atoms with Crippen molar-refractivity contribution in [2.75, 3.05) is 16.4 Å². The summed E-state index contributed by atoms with van der Waals surface area (Å²) in [5.74, 6) is -0.0891. The lowest BCUT2D eigenvalue weighted by molar-refractivity contribution is -0.113. The average Bonchev–Trinajstić information content (AvgIpc) is 2.75. The highest BCUT2D eigenvalue weighted by atomic mass is 32.2. The number of carbonyl (C=O) groups excluding carboxylic acids is 2. The maximum atomic E-state index is 12.9. The van der Waals surface area contributed by atoms with Crippen LogP contribution in [0.1, 0.15) is 15.9 Å². The van der Waals surface area contributed by atoms with Crippen LogP contribution in [-0.2, 0) is 20.6 Å². The lowest BCUT2D eigenvalue weighted by Crippen LogP contribution is -2.14. The number of thioether (sulfide) groups is 1. The van der Waals surface area contributed by atoms with Crippen molar-refractivity contribution >= 4 is 45.0 Å². The minimum Gasteiger partial charge on any atom is -0.325 e. The van der Waals surface area contributed by atoms with Crippen LogP contribution in [0.15, 0.2) is 77.7 Å². The second-order valence-electron chi connectivity index (χ2n) is 6.77. The maximum absolute atomic E-state index is 12.9. The van der Waals surface area contributed by atoms with Crippen molar-refractivity contribution in [3.63, 3.8) is 0 Å². The van der Waals surface area contributed by atoms with E-state index in [1.807, 2.05) is 0 Å². The molecule has 4 N–H and O–H groups in total. The third kappa shape index (κ3) is 6.91. The van der Waals surface area contributed by atoms with Crippen molar-refractivity contribution in [1.29, 1.82) is 0 Å². The van der Waals surface area contributed by atoms with Crippen molar-refractivity contribution in [3.05, 3.63) is 89.7 Å². The summed E-state index contributed by atoms with van der Waals surface area (Å²) in [5, 5.41) is 10.4. The smallest absolute Gasteiger partial charge is 0.255 e. The van der Waals surface area contributed by atoms with E-state index < -0.39 is 10.0 Å². The molecule has 0 saturated heterocycles. The molecule has 3 rings (SSSR count). The molecule has 166 valence electrons. The molecule has 0 aliphatic carbocycles. The molecule has 2 amide bonds. The summed E-state index contributed by atoms with van der Waals surface area (Å²) in [4.78, 5) is 24.3. The van der Waals surface area contributed by atoms with Crippen molar-refractivity contribution < 1.29 is 22.4 Å². The average molecular weight is 474 g/mol. The fourth-order valence-corrected chi connectivity index (χ4v) is 3.98. The predicted molar refractivity (Wildman–Crippen MR) is 123 cm³/mol. The Bertz CT molecular complexity index is 1200. The summed E-state index contributed by atoms with van der Waals surface area (Å²) in [6, 6.07) is 18.0. The Labute approximate surface area is 189 Å². The van der Waals surface area contributed by atoms with Gasteiger partial charge in [-0.2, -0.15) is 0 Å². The highest BCUT2D eigenvalue weighted by molar-refractivity contribution is 7.99. The highest BCUT2D eigenvalue weighted by Crippen LogP contribution is 2.17. The van der Waals surface area contributed by atoms with Gasteiger partial charge in [0.25, 0.3) is 5.91 Å². The van der Waals surface area contributed by atoms with Gasteiger partial charge in [0.15, 0.2) is 0 Å². The molecule has 0 heterocycles. The quantitative estimate of drug-likeness (QED) is 0.462. The third-order valence-corrected chi connectivity index (χ3v) is 6.22. The molecule has 0 aliphatic rings. The Morgan fingerprint density at radius 2 is 1.41 bits per heavy atom. The Hall–Kier alpha value is -3.21. The second-order valence-corrected chi connectivity index (χ2v) is 9.32. The first kappa shape index (κ1) is 23.5. The molecule has 7 nitrogen and oxygen atoms in total. The zero-order chi connectivity index (χ0) is 23.1. The molecule has 0 fully saturated rings. The second kappa shape index (κ2) is 10.4. The zero-order valence-electron chi connectivity index (χ0n) is 16.7. The molecule has 0 atom stereocenters. The number of hydrogen-bond donors (Lipinski definition) is 3. The molecular weight excluding hydrogens is 453 g/mol. The Kier molecular flexibility index (Phi) is 7.62. The van der Waals surface area contributed by atoms with E-state index in [0.717, 1.165) is 5.56 Å². The number of amides is 2. The van der Waals surface area contributed by atoms with E-state index in [1.165, 1.54) is 60.3 Å². The minimum absolute atomic E-state index is 0.0382. The van der Waals surface area contributed by atoms with Gasteiger partial charge in [0, 0.05) is 22.7 Å². The van der Waals surface area contributed by atoms with Crippen molar-refractivity contribution in [3.8, 4) is 0 Å². The van der Waals surface area contributed by atoms with Gasteiger partial charge in [0.1, 0.15) is 5.82 Å². The fourth-order valence-electron chi connectivity index (χ4n) is 2.68. The first-order chi connectivity index (χ1) is 15.2. The van der Waals surface area contributed by atoms with Gasteiger partial charge < -0.3 is 10.6 Å². The Morgan fingerprint density at radius 1 is 0.844 bits per heavy atom. The number of hydrogen-bond acceptors (Lipinski definition) is 5. The van der Waals surface area contributed by atoms with Crippen LogP contribution in [0.25, 0.3) is 0 Å². The number of primary sulfonamides is 1. The number of nitrogens with two attached hydrogens (primary N) is 1. The van der Waals surface area contributed by atoms with Crippen LogP contribution in [-0.4, -0.2) is 26.0 Å². The van der Waals surface area contributed by atoms with Gasteiger partial charge in [0.05, 0.1) is 10.6 Å². The third-order valence-electron chi connectivity index (χ3n) is 4.29. The van der Waals surface area contributed by atoms with Crippen LogP contribution < -0.4 is 15.8 Å². The van der Waals surface area contributed by atoms with Gasteiger partial charge in [-0.05, 0) is 66.2 Å². The molecule has 3 aromatic rings. The lowest BCUT2D eigenvalue weighted by atomic mass is 10.1. The van der Waals surface area contributed by atoms with E-state index in [2.05, 4.69) is 10.6 Å². The molecule has 0 bridgehead atoms. The van der Waals surface area contributed by atoms with Gasteiger partial charge in [-0.15, -0.1) is 11.8 Å². The van der Waals surface area contributed by atoms with Crippen molar-refractivity contribution in [1.82, 2.24) is 0 Å². The number of rotatable bonds is 8. The SMILES string of the molecule is NS(=O)(=O)c1ccc(NC(=O)c2ccc(CSCC(=O)Nc3ccc(F)cc3)cc2)cc1. The molecule has 10 heteroatoms. The van der Waals surface area contributed by atoms with E-state index in [1.54, 1.807) is 24.3 Å². The highest BCUT2D eigenvalue weighted by Gasteiger charge is 2.10. The first-order valence-corrected chi connectivity index (χ1v) is 12.1. The number of benzene rings is 3. The first-order valence-electron chi connectivity index (χ1n) is 9.37. The molecule has 0 unspecified atom stereocenters. The van der Waals surface area contributed by atoms with Crippen LogP contribution >= 0.6 is 11.8 Å². The molecule has 3 aromatic carbocycles. The number of nitrogens with one attached hydrogen (secondary N) is 2. The van der Waals surface area contributed by atoms with Crippen LogP contribution in [0.4, 0.5) is 15.8 Å². The summed E-state index contributed by atoms with van der Waals surface area (Å²) in [6.07, 6.45) is 0. The van der Waals surface area contributed by atoms with Gasteiger partial charge in [-0.1, -0.05) is 12.1 Å². The summed E-state index contributed by atoms with van der Waals surface area (Å²) in [7, 11) is -3.79. The summed E-state index contributed by atoms with van der Waals surface area (Å²) < 4.78 is 35.4. The zero-order valence-corrected chi connectivity index (χ0v) is 18.4. The normalized spacial score (nSPS) is 11.1. The predicted octanol–water partition coefficient (Wildman–Crippen LogP) is 3.60. The number of carbonyl (C=O) groups is 2. The van der Waals surface area contributed by atoms with Crippen LogP contribution in [0.5, 0.6) is 0 Å². The molecule has 0 spiro atoms. The minimum atomic E-state index is -3.79. The van der Waals surface area contributed by atoms with Crippen LogP contribution in [0.2, 0.25) is 0 Å². The maximum Gasteiger partial charge on any atom is 0.255 e. The molecule has 0 radical (unpaired) electrons. The van der Waals surface area contributed by atoms with Crippen molar-refractivity contribution in [2.24, 2.45) is 5.14 Å². The fraction of sp³-hybridized carbons (Fsp3) is 0.0909. The van der Waals surface area contributed by atoms with Gasteiger partial charge >= 0.3 is 0 Å². The van der Waals surface area contributed by atoms with E-state index in [9.17, 15) is 22.4 Å². The van der Waals surface area contributed by atoms with E-state index in [-0.39, 0.29) is 28.3 Å².